The van der Waals surface area contributed by atoms with Crippen LogP contribution in [-0.2, 0) is 4.74 Å². The van der Waals surface area contributed by atoms with Crippen LogP contribution in [0.1, 0.15) is 46.5 Å². The van der Waals surface area contributed by atoms with Gasteiger partial charge in [-0.2, -0.15) is 8.78 Å². The summed E-state index contributed by atoms with van der Waals surface area (Å²) in [5.74, 6) is -4.01. The molecule has 0 radical (unpaired) electrons. The molecule has 1 aliphatic carbocycles. The largest absolute Gasteiger partial charge is 0.444 e. The van der Waals surface area contributed by atoms with Crippen LogP contribution in [0.25, 0.3) is 0 Å². The minimum Gasteiger partial charge on any atom is -0.444 e. The summed E-state index contributed by atoms with van der Waals surface area (Å²) >= 11 is 0. The van der Waals surface area contributed by atoms with Crippen LogP contribution < -0.4 is 10.6 Å². The Hall–Kier alpha value is -1.05. The molecule has 1 amide bonds. The first-order chi connectivity index (χ1) is 9.99. The predicted octanol–water partition coefficient (Wildman–Crippen LogP) is 3.31. The van der Waals surface area contributed by atoms with E-state index in [2.05, 4.69) is 10.6 Å². The zero-order chi connectivity index (χ0) is 17.0. The topological polar surface area (TPSA) is 50.4 Å². The van der Waals surface area contributed by atoms with Crippen molar-refractivity contribution in [3.05, 3.63) is 0 Å². The van der Waals surface area contributed by atoms with Gasteiger partial charge in [0.2, 0.25) is 0 Å². The highest BCUT2D eigenvalue weighted by molar-refractivity contribution is 5.68. The van der Waals surface area contributed by atoms with E-state index < -0.39 is 30.6 Å². The fourth-order valence-corrected chi connectivity index (χ4v) is 2.27. The van der Waals surface area contributed by atoms with Gasteiger partial charge in [-0.1, -0.05) is 0 Å². The van der Waals surface area contributed by atoms with Crippen molar-refractivity contribution in [1.29, 1.82) is 0 Å². The van der Waals surface area contributed by atoms with Crippen LogP contribution in [0, 0.1) is 0 Å². The number of alkyl halides is 4. The number of nitrogens with one attached hydrogen (secondary N) is 2. The minimum absolute atomic E-state index is 0.0801. The standard InChI is InChI=1S/C14H24F4N2O2/c1-13(2,3)22-12(21)20-10-6-4-9(5-7-10)19-8-14(17,18)11(15)16/h9-11,19H,4-8H2,1-3H3,(H,20,21). The number of ether oxygens (including phenoxy) is 1. The van der Waals surface area contributed by atoms with E-state index in [1.165, 1.54) is 0 Å². The van der Waals surface area contributed by atoms with Crippen molar-refractivity contribution in [3.63, 3.8) is 0 Å². The van der Waals surface area contributed by atoms with Crippen LogP contribution in [0.3, 0.4) is 0 Å². The van der Waals surface area contributed by atoms with E-state index >= 15 is 0 Å². The highest BCUT2D eigenvalue weighted by atomic mass is 19.3. The molecule has 22 heavy (non-hydrogen) atoms. The average Bonchev–Trinajstić information content (AvgIpc) is 2.35. The third-order valence-corrected chi connectivity index (χ3v) is 3.39. The van der Waals surface area contributed by atoms with E-state index in [9.17, 15) is 22.4 Å². The molecule has 1 fully saturated rings. The molecule has 1 saturated carbocycles. The second-order valence-corrected chi connectivity index (χ2v) is 6.64. The molecule has 0 spiro atoms. The molecule has 0 heterocycles. The number of hydrogen-bond donors (Lipinski definition) is 2. The number of rotatable bonds is 5. The number of hydrogen-bond acceptors (Lipinski definition) is 3. The normalized spacial score (nSPS) is 23.5. The number of carbonyl (C=O) groups is 1. The van der Waals surface area contributed by atoms with E-state index in [0.29, 0.717) is 25.7 Å². The number of alkyl carbamates (subject to hydrolysis) is 1. The van der Waals surface area contributed by atoms with Gasteiger partial charge >= 0.3 is 18.4 Å². The van der Waals surface area contributed by atoms with Crippen LogP contribution in [0.2, 0.25) is 0 Å². The minimum atomic E-state index is -4.01. The van der Waals surface area contributed by atoms with Crippen LogP contribution in [0.15, 0.2) is 0 Å². The molecule has 1 aliphatic rings. The summed E-state index contributed by atoms with van der Waals surface area (Å²) < 4.78 is 54.9. The smallest absolute Gasteiger partial charge is 0.407 e. The molecule has 0 saturated heterocycles. The molecule has 0 aliphatic heterocycles. The molecular weight excluding hydrogens is 304 g/mol. The summed E-state index contributed by atoms with van der Waals surface area (Å²) in [5.41, 5.74) is -0.580. The lowest BCUT2D eigenvalue weighted by atomic mass is 9.91. The fraction of sp³-hybridized carbons (Fsp3) is 0.929. The SMILES string of the molecule is CC(C)(C)OC(=O)NC1CCC(NCC(F)(F)C(F)F)CC1. The highest BCUT2D eigenvalue weighted by Crippen LogP contribution is 2.24. The van der Waals surface area contributed by atoms with Gasteiger partial charge in [0.15, 0.2) is 0 Å². The zero-order valence-electron chi connectivity index (χ0n) is 13.1. The Kier molecular flexibility index (Phi) is 6.46. The van der Waals surface area contributed by atoms with Gasteiger partial charge in [0.25, 0.3) is 0 Å². The maximum atomic E-state index is 12.8. The van der Waals surface area contributed by atoms with Crippen molar-refractivity contribution in [2.24, 2.45) is 0 Å². The van der Waals surface area contributed by atoms with Crippen LogP contribution in [-0.4, -0.2) is 42.7 Å². The molecule has 2 N–H and O–H groups in total. The molecule has 8 heteroatoms. The van der Waals surface area contributed by atoms with Crippen molar-refractivity contribution in [2.75, 3.05) is 6.54 Å². The molecule has 1 rings (SSSR count). The maximum Gasteiger partial charge on any atom is 0.407 e. The summed E-state index contributed by atoms with van der Waals surface area (Å²) in [6.45, 7) is 4.25. The number of carbonyl (C=O) groups excluding carboxylic acids is 1. The van der Waals surface area contributed by atoms with Crippen molar-refractivity contribution >= 4 is 6.09 Å². The van der Waals surface area contributed by atoms with Crippen molar-refractivity contribution in [2.45, 2.75) is 76.5 Å². The predicted molar refractivity (Wildman–Crippen MR) is 74.4 cm³/mol. The first kappa shape index (κ1) is 19.0. The third kappa shape index (κ3) is 6.81. The molecule has 130 valence electrons. The Bertz CT molecular complexity index is 364. The maximum absolute atomic E-state index is 12.8. The highest BCUT2D eigenvalue weighted by Gasteiger charge is 2.41. The third-order valence-electron chi connectivity index (χ3n) is 3.39. The van der Waals surface area contributed by atoms with Crippen LogP contribution in [0.5, 0.6) is 0 Å². The van der Waals surface area contributed by atoms with E-state index in [4.69, 9.17) is 4.74 Å². The Morgan fingerprint density at radius 1 is 1.14 bits per heavy atom. The van der Waals surface area contributed by atoms with Gasteiger partial charge in [0.1, 0.15) is 5.60 Å². The monoisotopic (exact) mass is 328 g/mol. The lowest BCUT2D eigenvalue weighted by Gasteiger charge is -2.31. The van der Waals surface area contributed by atoms with Gasteiger partial charge in [-0.15, -0.1) is 0 Å². The Labute approximate surface area is 128 Å². The van der Waals surface area contributed by atoms with Crippen molar-refractivity contribution in [3.8, 4) is 0 Å². The Morgan fingerprint density at radius 3 is 2.09 bits per heavy atom. The van der Waals surface area contributed by atoms with E-state index in [1.54, 1.807) is 20.8 Å². The molecule has 0 atom stereocenters. The van der Waals surface area contributed by atoms with Crippen molar-refractivity contribution < 1.29 is 27.1 Å². The molecule has 0 unspecified atom stereocenters. The Balaban J connectivity index is 2.28. The van der Waals surface area contributed by atoms with E-state index in [0.717, 1.165) is 0 Å². The first-order valence-electron chi connectivity index (χ1n) is 7.38. The van der Waals surface area contributed by atoms with E-state index in [-0.39, 0.29) is 12.1 Å². The molecule has 4 nitrogen and oxygen atoms in total. The molecule has 0 aromatic heterocycles. The summed E-state index contributed by atoms with van der Waals surface area (Å²) in [5, 5.41) is 5.21. The van der Waals surface area contributed by atoms with Gasteiger partial charge in [-0.3, -0.25) is 0 Å². The van der Waals surface area contributed by atoms with Gasteiger partial charge < -0.3 is 15.4 Å². The number of halogens is 4. The summed E-state index contributed by atoms with van der Waals surface area (Å²) in [7, 11) is 0. The van der Waals surface area contributed by atoms with Crippen molar-refractivity contribution in [1.82, 2.24) is 10.6 Å². The second kappa shape index (κ2) is 7.48. The van der Waals surface area contributed by atoms with Gasteiger partial charge in [-0.25, -0.2) is 13.6 Å². The summed E-state index contributed by atoms with van der Waals surface area (Å²) in [6, 6.07) is -0.315. The van der Waals surface area contributed by atoms with Crippen LogP contribution in [0.4, 0.5) is 22.4 Å². The number of amides is 1. The molecule has 0 bridgehead atoms. The lowest BCUT2D eigenvalue weighted by molar-refractivity contribution is -0.126. The van der Waals surface area contributed by atoms with Gasteiger partial charge in [0, 0.05) is 12.1 Å². The second-order valence-electron chi connectivity index (χ2n) is 6.64. The van der Waals surface area contributed by atoms with Gasteiger partial charge in [0.05, 0.1) is 6.54 Å². The summed E-state index contributed by atoms with van der Waals surface area (Å²) in [6.07, 6.45) is -1.90. The van der Waals surface area contributed by atoms with Crippen LogP contribution >= 0.6 is 0 Å². The van der Waals surface area contributed by atoms with Gasteiger partial charge in [-0.05, 0) is 46.5 Å². The van der Waals surface area contributed by atoms with E-state index in [1.807, 2.05) is 0 Å². The first-order valence-corrected chi connectivity index (χ1v) is 7.38. The lowest BCUT2D eigenvalue weighted by Crippen LogP contribution is -2.47. The quantitative estimate of drug-likeness (QED) is 0.761. The molecular formula is C14H24F4N2O2. The summed E-state index contributed by atoms with van der Waals surface area (Å²) in [4.78, 5) is 11.6. The molecule has 0 aromatic carbocycles. The fourth-order valence-electron chi connectivity index (χ4n) is 2.27. The zero-order valence-corrected chi connectivity index (χ0v) is 13.1. The average molecular weight is 328 g/mol. The molecule has 0 aromatic rings. The Morgan fingerprint density at radius 2 is 1.64 bits per heavy atom.